The lowest BCUT2D eigenvalue weighted by Gasteiger charge is -2.19. The Bertz CT molecular complexity index is 748. The molecule has 112 valence electrons. The van der Waals surface area contributed by atoms with Gasteiger partial charge in [0.25, 0.3) is 0 Å². The van der Waals surface area contributed by atoms with Gasteiger partial charge in [-0.3, -0.25) is 0 Å². The number of oxime groups is 1. The van der Waals surface area contributed by atoms with Crippen molar-refractivity contribution < 1.29 is 10.3 Å². The Hall–Kier alpha value is -2.55. The molecule has 22 heavy (non-hydrogen) atoms. The van der Waals surface area contributed by atoms with E-state index < -0.39 is 0 Å². The molecule has 0 fully saturated rings. The minimum atomic E-state index is -0.0919. The number of nitrogens with zero attached hydrogens (tertiary/aromatic N) is 1. The van der Waals surface area contributed by atoms with Gasteiger partial charge in [-0.1, -0.05) is 47.6 Å². The molecule has 0 bridgehead atoms. The molecule has 0 heterocycles. The highest BCUT2D eigenvalue weighted by Crippen LogP contribution is 2.41. The van der Waals surface area contributed by atoms with Crippen molar-refractivity contribution >= 4 is 5.71 Å². The van der Waals surface area contributed by atoms with Gasteiger partial charge in [0.15, 0.2) is 0 Å². The number of aryl methyl sites for hydroxylation is 1. The molecule has 1 atom stereocenters. The second kappa shape index (κ2) is 5.68. The number of phenols is 1. The van der Waals surface area contributed by atoms with Gasteiger partial charge in [-0.05, 0) is 36.5 Å². The minimum absolute atomic E-state index is 0.0919. The van der Waals surface area contributed by atoms with Crippen LogP contribution in [-0.2, 0) is 6.42 Å². The first-order valence-corrected chi connectivity index (χ1v) is 7.41. The third kappa shape index (κ3) is 2.19. The summed E-state index contributed by atoms with van der Waals surface area (Å²) in [6.45, 7) is 5.96. The Morgan fingerprint density at radius 2 is 1.95 bits per heavy atom. The average molecular weight is 293 g/mol. The number of phenolic OH excluding ortho intramolecular Hbond substituents is 1. The molecule has 3 rings (SSSR count). The number of hydrogen-bond acceptors (Lipinski definition) is 3. The number of fused-ring (bicyclic) bond motifs is 1. The van der Waals surface area contributed by atoms with Crippen LogP contribution in [0.4, 0.5) is 0 Å². The molecule has 2 aromatic carbocycles. The van der Waals surface area contributed by atoms with Crippen molar-refractivity contribution in [3.63, 3.8) is 0 Å². The van der Waals surface area contributed by atoms with Crippen LogP contribution < -0.4 is 0 Å². The zero-order chi connectivity index (χ0) is 15.7. The number of benzene rings is 2. The first-order valence-electron chi connectivity index (χ1n) is 7.41. The molecule has 0 amide bonds. The summed E-state index contributed by atoms with van der Waals surface area (Å²) in [4.78, 5) is 0. The highest BCUT2D eigenvalue weighted by Gasteiger charge is 2.28. The highest BCUT2D eigenvalue weighted by atomic mass is 16.4. The van der Waals surface area contributed by atoms with Gasteiger partial charge < -0.3 is 10.3 Å². The third-order valence-corrected chi connectivity index (χ3v) is 4.41. The van der Waals surface area contributed by atoms with Crippen molar-refractivity contribution in [3.8, 4) is 5.75 Å². The molecule has 3 heteroatoms. The predicted octanol–water partition coefficient (Wildman–Crippen LogP) is 4.14. The summed E-state index contributed by atoms with van der Waals surface area (Å²) >= 11 is 0. The van der Waals surface area contributed by atoms with Gasteiger partial charge in [0, 0.05) is 17.0 Å². The quantitative estimate of drug-likeness (QED) is 0.507. The van der Waals surface area contributed by atoms with E-state index in [4.69, 9.17) is 0 Å². The maximum absolute atomic E-state index is 10.8. The number of allylic oxidation sites excluding steroid dienone is 1. The summed E-state index contributed by atoms with van der Waals surface area (Å²) in [6, 6.07) is 12.0. The van der Waals surface area contributed by atoms with Crippen LogP contribution in [0.25, 0.3) is 0 Å². The Balaban J connectivity index is 2.20. The van der Waals surface area contributed by atoms with Crippen LogP contribution in [0.2, 0.25) is 0 Å². The van der Waals surface area contributed by atoms with Gasteiger partial charge in [0.05, 0.1) is 5.71 Å². The van der Waals surface area contributed by atoms with E-state index in [0.717, 1.165) is 28.7 Å². The van der Waals surface area contributed by atoms with Crippen LogP contribution in [0.15, 0.2) is 54.2 Å². The van der Waals surface area contributed by atoms with Gasteiger partial charge in [-0.2, -0.15) is 0 Å². The van der Waals surface area contributed by atoms with Crippen LogP contribution in [0.5, 0.6) is 5.75 Å². The SMILES string of the molecule is C=CC(c1ccccc1)c1cc(C)c2c(c1O)C(=NO)CC2. The summed E-state index contributed by atoms with van der Waals surface area (Å²) < 4.78 is 0. The summed E-state index contributed by atoms with van der Waals surface area (Å²) in [7, 11) is 0. The summed E-state index contributed by atoms with van der Waals surface area (Å²) in [6.07, 6.45) is 3.30. The molecular weight excluding hydrogens is 274 g/mol. The first-order chi connectivity index (χ1) is 10.7. The van der Waals surface area contributed by atoms with E-state index in [-0.39, 0.29) is 11.7 Å². The maximum Gasteiger partial charge on any atom is 0.129 e. The molecule has 2 aromatic rings. The topological polar surface area (TPSA) is 52.8 Å². The van der Waals surface area contributed by atoms with Gasteiger partial charge in [-0.25, -0.2) is 0 Å². The third-order valence-electron chi connectivity index (χ3n) is 4.41. The fraction of sp³-hybridized carbons (Fsp3) is 0.211. The zero-order valence-corrected chi connectivity index (χ0v) is 12.6. The van der Waals surface area contributed by atoms with Crippen molar-refractivity contribution in [2.24, 2.45) is 5.16 Å². The molecule has 0 spiro atoms. The van der Waals surface area contributed by atoms with Crippen molar-refractivity contribution in [2.45, 2.75) is 25.7 Å². The van der Waals surface area contributed by atoms with Crippen LogP contribution in [0.1, 0.15) is 40.2 Å². The second-order valence-corrected chi connectivity index (χ2v) is 5.66. The minimum Gasteiger partial charge on any atom is -0.507 e. The summed E-state index contributed by atoms with van der Waals surface area (Å²) in [5.41, 5.74) is 5.33. The summed E-state index contributed by atoms with van der Waals surface area (Å²) in [5, 5.41) is 23.3. The van der Waals surface area contributed by atoms with E-state index in [0.29, 0.717) is 17.7 Å². The van der Waals surface area contributed by atoms with Crippen LogP contribution >= 0.6 is 0 Å². The van der Waals surface area contributed by atoms with Gasteiger partial charge in [0.1, 0.15) is 5.75 Å². The molecule has 0 aromatic heterocycles. The molecular formula is C19H19NO2. The lowest BCUT2D eigenvalue weighted by Crippen LogP contribution is -2.04. The molecule has 2 N–H and O–H groups in total. The van der Waals surface area contributed by atoms with Gasteiger partial charge in [0.2, 0.25) is 0 Å². The average Bonchev–Trinajstić information content (AvgIpc) is 2.98. The van der Waals surface area contributed by atoms with Gasteiger partial charge >= 0.3 is 0 Å². The van der Waals surface area contributed by atoms with E-state index in [2.05, 4.69) is 11.7 Å². The van der Waals surface area contributed by atoms with Crippen molar-refractivity contribution in [3.05, 3.63) is 76.9 Å². The van der Waals surface area contributed by atoms with Crippen LogP contribution in [0.3, 0.4) is 0 Å². The number of hydrogen-bond donors (Lipinski definition) is 2. The Morgan fingerprint density at radius 1 is 1.23 bits per heavy atom. The van der Waals surface area contributed by atoms with E-state index in [1.54, 1.807) is 0 Å². The lowest BCUT2D eigenvalue weighted by molar-refractivity contribution is 0.318. The Kier molecular flexibility index (Phi) is 3.72. The fourth-order valence-electron chi connectivity index (χ4n) is 3.31. The lowest BCUT2D eigenvalue weighted by atomic mass is 9.87. The normalized spacial score (nSPS) is 16.5. The van der Waals surface area contributed by atoms with E-state index >= 15 is 0 Å². The van der Waals surface area contributed by atoms with E-state index in [1.165, 1.54) is 0 Å². The van der Waals surface area contributed by atoms with E-state index in [1.807, 2.05) is 49.4 Å². The number of rotatable bonds is 3. The molecule has 0 radical (unpaired) electrons. The van der Waals surface area contributed by atoms with Crippen molar-refractivity contribution in [1.82, 2.24) is 0 Å². The monoisotopic (exact) mass is 293 g/mol. The fourth-order valence-corrected chi connectivity index (χ4v) is 3.31. The predicted molar refractivity (Wildman–Crippen MR) is 88.0 cm³/mol. The molecule has 1 aliphatic rings. The van der Waals surface area contributed by atoms with Crippen molar-refractivity contribution in [1.29, 1.82) is 0 Å². The highest BCUT2D eigenvalue weighted by molar-refractivity contribution is 6.07. The van der Waals surface area contributed by atoms with Crippen LogP contribution in [0, 0.1) is 6.92 Å². The maximum atomic E-state index is 10.8. The molecule has 0 saturated carbocycles. The molecule has 0 saturated heterocycles. The molecule has 0 aliphatic heterocycles. The zero-order valence-electron chi connectivity index (χ0n) is 12.6. The molecule has 1 aliphatic carbocycles. The second-order valence-electron chi connectivity index (χ2n) is 5.66. The summed E-state index contributed by atoms with van der Waals surface area (Å²) in [5.74, 6) is 0.116. The van der Waals surface area contributed by atoms with E-state index in [9.17, 15) is 10.3 Å². The van der Waals surface area contributed by atoms with Crippen LogP contribution in [-0.4, -0.2) is 16.0 Å². The largest absolute Gasteiger partial charge is 0.507 e. The smallest absolute Gasteiger partial charge is 0.129 e. The van der Waals surface area contributed by atoms with Crippen molar-refractivity contribution in [2.75, 3.05) is 0 Å². The standard InChI is InChI=1S/C19H19NO2/c1-3-14(13-7-5-4-6-8-13)16-11-12(2)15-9-10-17(20-22)18(15)19(16)21/h3-8,11,14,21-22H,1,9-10H2,2H3. The Labute approximate surface area is 130 Å². The molecule has 1 unspecified atom stereocenters. The molecule has 3 nitrogen and oxygen atoms in total. The number of aromatic hydroxyl groups is 1. The first kappa shape index (κ1) is 14.4. The van der Waals surface area contributed by atoms with Gasteiger partial charge in [-0.15, -0.1) is 6.58 Å². The Morgan fingerprint density at radius 3 is 2.59 bits per heavy atom.